The van der Waals surface area contributed by atoms with Gasteiger partial charge in [-0.25, -0.2) is 4.98 Å². The van der Waals surface area contributed by atoms with Crippen molar-refractivity contribution in [1.29, 1.82) is 0 Å². The van der Waals surface area contributed by atoms with E-state index in [9.17, 15) is 5.11 Å². The molecule has 1 aliphatic rings. The van der Waals surface area contributed by atoms with Gasteiger partial charge in [0.25, 0.3) is 0 Å². The van der Waals surface area contributed by atoms with E-state index in [0.717, 1.165) is 31.7 Å². The Kier molecular flexibility index (Phi) is 3.74. The third-order valence-corrected chi connectivity index (χ3v) is 3.60. The number of hydrogen-bond acceptors (Lipinski definition) is 4. The van der Waals surface area contributed by atoms with Gasteiger partial charge in [0.2, 0.25) is 0 Å². The van der Waals surface area contributed by atoms with Crippen LogP contribution in [0.2, 0.25) is 5.15 Å². The van der Waals surface area contributed by atoms with Crippen LogP contribution in [0.3, 0.4) is 0 Å². The van der Waals surface area contributed by atoms with Crippen molar-refractivity contribution in [2.75, 3.05) is 23.7 Å². The fraction of sp³-hybridized carbons (Fsp3) is 0.583. The van der Waals surface area contributed by atoms with E-state index in [2.05, 4.69) is 9.88 Å². The number of piperidine rings is 1. The second-order valence-electron chi connectivity index (χ2n) is 4.61. The predicted molar refractivity (Wildman–Crippen MR) is 70.3 cm³/mol. The number of aromatic nitrogens is 1. The Balaban J connectivity index is 2.07. The van der Waals surface area contributed by atoms with Gasteiger partial charge in [0.05, 0.1) is 11.8 Å². The van der Waals surface area contributed by atoms with Gasteiger partial charge in [-0.2, -0.15) is 0 Å². The van der Waals surface area contributed by atoms with Gasteiger partial charge >= 0.3 is 0 Å². The second-order valence-corrected chi connectivity index (χ2v) is 5.00. The molecule has 0 aliphatic carbocycles. The van der Waals surface area contributed by atoms with E-state index in [1.165, 1.54) is 0 Å². The Morgan fingerprint density at radius 2 is 2.12 bits per heavy atom. The van der Waals surface area contributed by atoms with E-state index >= 15 is 0 Å². The average Bonchev–Trinajstić information content (AvgIpc) is 2.32. The molecule has 0 aromatic carbocycles. The van der Waals surface area contributed by atoms with Gasteiger partial charge in [0.1, 0.15) is 5.15 Å². The summed E-state index contributed by atoms with van der Waals surface area (Å²) >= 11 is 5.88. The number of hydrogen-bond donors (Lipinski definition) is 2. The van der Waals surface area contributed by atoms with Crippen LogP contribution in [0.4, 0.5) is 11.5 Å². The summed E-state index contributed by atoms with van der Waals surface area (Å²) in [6.45, 7) is 3.59. The second kappa shape index (κ2) is 5.10. The van der Waals surface area contributed by atoms with Crippen molar-refractivity contribution >= 4 is 23.1 Å². The summed E-state index contributed by atoms with van der Waals surface area (Å²) in [7, 11) is 0. The lowest BCUT2D eigenvalue weighted by Gasteiger charge is -2.34. The zero-order chi connectivity index (χ0) is 12.4. The summed E-state index contributed by atoms with van der Waals surface area (Å²) in [5.74, 6) is 1.15. The van der Waals surface area contributed by atoms with Crippen molar-refractivity contribution in [3.05, 3.63) is 17.3 Å². The lowest BCUT2D eigenvalue weighted by molar-refractivity contribution is 0.110. The molecule has 1 saturated heterocycles. The Morgan fingerprint density at radius 3 is 2.71 bits per heavy atom. The molecule has 4 nitrogen and oxygen atoms in total. The van der Waals surface area contributed by atoms with Crippen molar-refractivity contribution in [2.45, 2.75) is 25.9 Å². The minimum atomic E-state index is -0.234. The minimum absolute atomic E-state index is 0.234. The first kappa shape index (κ1) is 12.5. The Hall–Kier alpha value is -1.00. The molecule has 1 aliphatic heterocycles. The molecule has 94 valence electrons. The van der Waals surface area contributed by atoms with Gasteiger partial charge in [-0.3, -0.25) is 0 Å². The standard InChI is InChI=1S/C12H18ClN3O/c1-8(17)9-4-6-16(7-5-9)12-10(14)2-3-11(13)15-12/h2-3,8-9,17H,4-7,14H2,1H3. The number of nitrogens with two attached hydrogens (primary N) is 1. The topological polar surface area (TPSA) is 62.4 Å². The van der Waals surface area contributed by atoms with Crippen LogP contribution in [0.15, 0.2) is 12.1 Å². The zero-order valence-electron chi connectivity index (χ0n) is 9.93. The number of pyridine rings is 1. The molecule has 1 aromatic heterocycles. The van der Waals surface area contributed by atoms with Gasteiger partial charge in [0, 0.05) is 13.1 Å². The number of aliphatic hydroxyl groups is 1. The van der Waals surface area contributed by atoms with E-state index in [4.69, 9.17) is 17.3 Å². The van der Waals surface area contributed by atoms with E-state index in [1.54, 1.807) is 12.1 Å². The number of anilines is 2. The van der Waals surface area contributed by atoms with E-state index < -0.39 is 0 Å². The predicted octanol–water partition coefficient (Wildman–Crippen LogP) is 1.91. The van der Waals surface area contributed by atoms with Crippen LogP contribution in [0, 0.1) is 5.92 Å². The van der Waals surface area contributed by atoms with Gasteiger partial charge in [-0.15, -0.1) is 0 Å². The Bertz CT molecular complexity index is 389. The molecule has 0 radical (unpaired) electrons. The third kappa shape index (κ3) is 2.82. The summed E-state index contributed by atoms with van der Waals surface area (Å²) in [4.78, 5) is 6.41. The maximum atomic E-state index is 9.55. The third-order valence-electron chi connectivity index (χ3n) is 3.39. The maximum Gasteiger partial charge on any atom is 0.153 e. The molecule has 1 fully saturated rings. The maximum absolute atomic E-state index is 9.55. The Morgan fingerprint density at radius 1 is 1.47 bits per heavy atom. The molecule has 0 spiro atoms. The van der Waals surface area contributed by atoms with Crippen LogP contribution in [0.25, 0.3) is 0 Å². The molecule has 2 heterocycles. The monoisotopic (exact) mass is 255 g/mol. The zero-order valence-corrected chi connectivity index (χ0v) is 10.7. The molecular weight excluding hydrogens is 238 g/mol. The molecular formula is C12H18ClN3O. The highest BCUT2D eigenvalue weighted by atomic mass is 35.5. The molecule has 0 amide bonds. The lowest BCUT2D eigenvalue weighted by atomic mass is 9.92. The summed E-state index contributed by atoms with van der Waals surface area (Å²) in [6, 6.07) is 3.48. The average molecular weight is 256 g/mol. The summed E-state index contributed by atoms with van der Waals surface area (Å²) < 4.78 is 0. The minimum Gasteiger partial charge on any atom is -0.396 e. The molecule has 0 saturated carbocycles. The number of aliphatic hydroxyl groups excluding tert-OH is 1. The quantitative estimate of drug-likeness (QED) is 0.793. The van der Waals surface area contributed by atoms with Crippen LogP contribution in [0.1, 0.15) is 19.8 Å². The summed E-state index contributed by atoms with van der Waals surface area (Å²) in [6.07, 6.45) is 1.69. The first-order valence-corrected chi connectivity index (χ1v) is 6.30. The van der Waals surface area contributed by atoms with E-state index in [0.29, 0.717) is 16.8 Å². The molecule has 0 bridgehead atoms. The molecule has 1 atom stereocenters. The van der Waals surface area contributed by atoms with Crippen LogP contribution < -0.4 is 10.6 Å². The largest absolute Gasteiger partial charge is 0.396 e. The van der Waals surface area contributed by atoms with E-state index in [-0.39, 0.29) is 6.10 Å². The van der Waals surface area contributed by atoms with E-state index in [1.807, 2.05) is 6.92 Å². The first-order valence-electron chi connectivity index (χ1n) is 5.93. The van der Waals surface area contributed by atoms with Crippen molar-refractivity contribution in [3.63, 3.8) is 0 Å². The summed E-state index contributed by atoms with van der Waals surface area (Å²) in [5, 5.41) is 10.0. The molecule has 1 unspecified atom stereocenters. The van der Waals surface area contributed by atoms with Crippen LogP contribution in [-0.4, -0.2) is 29.3 Å². The van der Waals surface area contributed by atoms with Gasteiger partial charge < -0.3 is 15.7 Å². The van der Waals surface area contributed by atoms with Crippen LogP contribution in [-0.2, 0) is 0 Å². The lowest BCUT2D eigenvalue weighted by Crippen LogP contribution is -2.37. The first-order chi connectivity index (χ1) is 8.08. The fourth-order valence-corrected chi connectivity index (χ4v) is 2.43. The highest BCUT2D eigenvalue weighted by Gasteiger charge is 2.24. The summed E-state index contributed by atoms with van der Waals surface area (Å²) in [5.41, 5.74) is 6.56. The SMILES string of the molecule is CC(O)C1CCN(c2nc(Cl)ccc2N)CC1. The number of nitrogen functional groups attached to an aromatic ring is 1. The van der Waals surface area contributed by atoms with Crippen molar-refractivity contribution in [1.82, 2.24) is 4.98 Å². The highest BCUT2D eigenvalue weighted by Crippen LogP contribution is 2.28. The highest BCUT2D eigenvalue weighted by molar-refractivity contribution is 6.29. The normalized spacial score (nSPS) is 19.4. The molecule has 17 heavy (non-hydrogen) atoms. The van der Waals surface area contributed by atoms with Gasteiger partial charge in [-0.05, 0) is 37.8 Å². The van der Waals surface area contributed by atoms with Crippen molar-refractivity contribution < 1.29 is 5.11 Å². The molecule has 1 aromatic rings. The van der Waals surface area contributed by atoms with Crippen LogP contribution in [0.5, 0.6) is 0 Å². The fourth-order valence-electron chi connectivity index (χ4n) is 2.28. The molecule has 3 N–H and O–H groups in total. The van der Waals surface area contributed by atoms with Crippen LogP contribution >= 0.6 is 11.6 Å². The molecule has 5 heteroatoms. The van der Waals surface area contributed by atoms with Crippen molar-refractivity contribution in [2.24, 2.45) is 5.92 Å². The van der Waals surface area contributed by atoms with Gasteiger partial charge in [-0.1, -0.05) is 11.6 Å². The molecule has 2 rings (SSSR count). The Labute approximate surface area is 106 Å². The number of halogens is 1. The number of nitrogens with zero attached hydrogens (tertiary/aromatic N) is 2. The van der Waals surface area contributed by atoms with Crippen molar-refractivity contribution in [3.8, 4) is 0 Å². The van der Waals surface area contributed by atoms with Gasteiger partial charge in [0.15, 0.2) is 5.82 Å². The smallest absolute Gasteiger partial charge is 0.153 e. The number of rotatable bonds is 2.